The zero-order chi connectivity index (χ0) is 10.5. The lowest BCUT2D eigenvalue weighted by molar-refractivity contribution is 0.0963. The molecule has 0 amide bonds. The SMILES string of the molecule is CCNCC1CCCCN1C1CCCC1. The first kappa shape index (κ1) is 11.4. The quantitative estimate of drug-likeness (QED) is 0.766. The van der Waals surface area contributed by atoms with Gasteiger partial charge in [-0.25, -0.2) is 0 Å². The number of likely N-dealkylation sites (N-methyl/N-ethyl adjacent to an activating group) is 1. The first-order valence-corrected chi connectivity index (χ1v) is 6.88. The maximum Gasteiger partial charge on any atom is 0.0223 e. The maximum absolute atomic E-state index is 3.53. The van der Waals surface area contributed by atoms with Crippen LogP contribution in [0.4, 0.5) is 0 Å². The Morgan fingerprint density at radius 2 is 1.80 bits per heavy atom. The number of nitrogens with one attached hydrogen (secondary N) is 1. The molecule has 2 fully saturated rings. The molecule has 88 valence electrons. The Morgan fingerprint density at radius 3 is 2.53 bits per heavy atom. The van der Waals surface area contributed by atoms with E-state index in [0.29, 0.717) is 0 Å². The Morgan fingerprint density at radius 1 is 1.07 bits per heavy atom. The van der Waals surface area contributed by atoms with Crippen LogP contribution in [0.5, 0.6) is 0 Å². The fourth-order valence-corrected chi connectivity index (χ4v) is 3.27. The molecule has 0 aromatic rings. The molecule has 0 spiro atoms. The van der Waals surface area contributed by atoms with E-state index in [1.165, 1.54) is 58.0 Å². The summed E-state index contributed by atoms with van der Waals surface area (Å²) in [5.41, 5.74) is 0. The van der Waals surface area contributed by atoms with Gasteiger partial charge >= 0.3 is 0 Å². The Kier molecular flexibility index (Phi) is 4.45. The second-order valence-electron chi connectivity index (χ2n) is 5.13. The van der Waals surface area contributed by atoms with Crippen molar-refractivity contribution in [3.05, 3.63) is 0 Å². The van der Waals surface area contributed by atoms with Crippen molar-refractivity contribution in [2.75, 3.05) is 19.6 Å². The summed E-state index contributed by atoms with van der Waals surface area (Å²) < 4.78 is 0. The summed E-state index contributed by atoms with van der Waals surface area (Å²) in [6, 6.07) is 1.76. The van der Waals surface area contributed by atoms with Gasteiger partial charge < -0.3 is 5.32 Å². The van der Waals surface area contributed by atoms with E-state index in [9.17, 15) is 0 Å². The zero-order valence-electron chi connectivity index (χ0n) is 10.2. The number of piperidine rings is 1. The van der Waals surface area contributed by atoms with Crippen LogP contribution in [0.15, 0.2) is 0 Å². The molecule has 2 aliphatic rings. The molecular weight excluding hydrogens is 184 g/mol. The molecule has 2 heteroatoms. The number of hydrogen-bond acceptors (Lipinski definition) is 2. The molecule has 0 radical (unpaired) electrons. The molecule has 1 saturated carbocycles. The van der Waals surface area contributed by atoms with Gasteiger partial charge in [-0.1, -0.05) is 26.2 Å². The topological polar surface area (TPSA) is 15.3 Å². The minimum Gasteiger partial charge on any atom is -0.315 e. The molecule has 2 rings (SSSR count). The summed E-state index contributed by atoms with van der Waals surface area (Å²) in [6.45, 7) is 5.91. The van der Waals surface area contributed by atoms with Crippen molar-refractivity contribution in [2.45, 2.75) is 64.0 Å². The van der Waals surface area contributed by atoms with E-state index < -0.39 is 0 Å². The average molecular weight is 210 g/mol. The third-order valence-corrected chi connectivity index (χ3v) is 4.10. The number of rotatable bonds is 4. The van der Waals surface area contributed by atoms with Crippen molar-refractivity contribution in [3.8, 4) is 0 Å². The predicted octanol–water partition coefficient (Wildman–Crippen LogP) is 2.39. The van der Waals surface area contributed by atoms with E-state index >= 15 is 0 Å². The highest BCUT2D eigenvalue weighted by molar-refractivity contribution is 4.86. The molecule has 0 bridgehead atoms. The lowest BCUT2D eigenvalue weighted by atomic mass is 9.99. The zero-order valence-corrected chi connectivity index (χ0v) is 10.2. The lowest BCUT2D eigenvalue weighted by Crippen LogP contribution is -2.49. The van der Waals surface area contributed by atoms with Gasteiger partial charge in [0.15, 0.2) is 0 Å². The van der Waals surface area contributed by atoms with Crippen molar-refractivity contribution in [1.82, 2.24) is 10.2 Å². The molecule has 0 aromatic heterocycles. The molecule has 1 aliphatic heterocycles. The molecule has 0 aromatic carbocycles. The van der Waals surface area contributed by atoms with Crippen LogP contribution in [0.2, 0.25) is 0 Å². The minimum absolute atomic E-state index is 0.835. The summed E-state index contributed by atoms with van der Waals surface area (Å²) in [7, 11) is 0. The van der Waals surface area contributed by atoms with Gasteiger partial charge in [-0.2, -0.15) is 0 Å². The Balaban J connectivity index is 1.86. The summed E-state index contributed by atoms with van der Waals surface area (Å²) in [5.74, 6) is 0. The van der Waals surface area contributed by atoms with Gasteiger partial charge in [0, 0.05) is 18.6 Å². The van der Waals surface area contributed by atoms with Crippen molar-refractivity contribution < 1.29 is 0 Å². The van der Waals surface area contributed by atoms with Gasteiger partial charge in [0.25, 0.3) is 0 Å². The fourth-order valence-electron chi connectivity index (χ4n) is 3.27. The largest absolute Gasteiger partial charge is 0.315 e. The van der Waals surface area contributed by atoms with Crippen LogP contribution in [0.3, 0.4) is 0 Å². The third-order valence-electron chi connectivity index (χ3n) is 4.10. The number of hydrogen-bond donors (Lipinski definition) is 1. The van der Waals surface area contributed by atoms with Crippen LogP contribution in [0.25, 0.3) is 0 Å². The highest BCUT2D eigenvalue weighted by Crippen LogP contribution is 2.29. The second-order valence-corrected chi connectivity index (χ2v) is 5.13. The molecule has 1 aliphatic carbocycles. The first-order valence-electron chi connectivity index (χ1n) is 6.88. The van der Waals surface area contributed by atoms with E-state index in [0.717, 1.165) is 18.6 Å². The molecule has 1 atom stereocenters. The van der Waals surface area contributed by atoms with Crippen LogP contribution in [0, 0.1) is 0 Å². The predicted molar refractivity (Wildman–Crippen MR) is 65.1 cm³/mol. The second kappa shape index (κ2) is 5.86. The molecular formula is C13H26N2. The fraction of sp³-hybridized carbons (Fsp3) is 1.00. The maximum atomic E-state index is 3.53. The smallest absolute Gasteiger partial charge is 0.0223 e. The lowest BCUT2D eigenvalue weighted by Gasteiger charge is -2.40. The summed E-state index contributed by atoms with van der Waals surface area (Å²) in [6.07, 6.45) is 10.2. The van der Waals surface area contributed by atoms with E-state index in [2.05, 4.69) is 17.1 Å². The number of nitrogens with zero attached hydrogens (tertiary/aromatic N) is 1. The van der Waals surface area contributed by atoms with Crippen LogP contribution in [-0.2, 0) is 0 Å². The number of likely N-dealkylation sites (tertiary alicyclic amines) is 1. The van der Waals surface area contributed by atoms with Gasteiger partial charge in [0.05, 0.1) is 0 Å². The van der Waals surface area contributed by atoms with Gasteiger partial charge in [-0.05, 0) is 38.8 Å². The van der Waals surface area contributed by atoms with Gasteiger partial charge in [-0.3, -0.25) is 4.90 Å². The van der Waals surface area contributed by atoms with Crippen molar-refractivity contribution in [3.63, 3.8) is 0 Å². The molecule has 1 saturated heterocycles. The molecule has 1 N–H and O–H groups in total. The van der Waals surface area contributed by atoms with E-state index in [1.54, 1.807) is 0 Å². The van der Waals surface area contributed by atoms with Gasteiger partial charge in [0.2, 0.25) is 0 Å². The normalized spacial score (nSPS) is 29.8. The summed E-state index contributed by atoms with van der Waals surface area (Å²) in [5, 5.41) is 3.53. The van der Waals surface area contributed by atoms with Crippen LogP contribution < -0.4 is 5.32 Å². The van der Waals surface area contributed by atoms with Crippen LogP contribution >= 0.6 is 0 Å². The highest BCUT2D eigenvalue weighted by atomic mass is 15.2. The van der Waals surface area contributed by atoms with Gasteiger partial charge in [-0.15, -0.1) is 0 Å². The summed E-state index contributed by atoms with van der Waals surface area (Å²) >= 11 is 0. The average Bonchev–Trinajstić information content (AvgIpc) is 2.80. The molecule has 2 nitrogen and oxygen atoms in total. The Labute approximate surface area is 94.4 Å². The standard InChI is InChI=1S/C13H26N2/c1-2-14-11-13-9-5-6-10-15(13)12-7-3-4-8-12/h12-14H,2-11H2,1H3. The van der Waals surface area contributed by atoms with Gasteiger partial charge in [0.1, 0.15) is 0 Å². The van der Waals surface area contributed by atoms with E-state index in [4.69, 9.17) is 0 Å². The molecule has 1 heterocycles. The molecule has 15 heavy (non-hydrogen) atoms. The van der Waals surface area contributed by atoms with Crippen molar-refractivity contribution in [2.24, 2.45) is 0 Å². The minimum atomic E-state index is 0.835. The third kappa shape index (κ3) is 2.94. The van der Waals surface area contributed by atoms with E-state index in [1.807, 2.05) is 0 Å². The van der Waals surface area contributed by atoms with Crippen molar-refractivity contribution >= 4 is 0 Å². The Bertz CT molecular complexity index is 175. The van der Waals surface area contributed by atoms with Crippen molar-refractivity contribution in [1.29, 1.82) is 0 Å². The highest BCUT2D eigenvalue weighted by Gasteiger charge is 2.29. The monoisotopic (exact) mass is 210 g/mol. The van der Waals surface area contributed by atoms with Crippen LogP contribution in [-0.4, -0.2) is 36.6 Å². The molecule has 1 unspecified atom stereocenters. The summed E-state index contributed by atoms with van der Waals surface area (Å²) in [4.78, 5) is 2.82. The van der Waals surface area contributed by atoms with Crippen LogP contribution in [0.1, 0.15) is 51.9 Å². The first-order chi connectivity index (χ1) is 7.42. The van der Waals surface area contributed by atoms with E-state index in [-0.39, 0.29) is 0 Å². The Hall–Kier alpha value is -0.0800.